The van der Waals surface area contributed by atoms with Crippen LogP contribution in [0.1, 0.15) is 28.4 Å². The van der Waals surface area contributed by atoms with Crippen molar-refractivity contribution in [1.82, 2.24) is 5.32 Å². The maximum atomic E-state index is 11.9. The number of hydrogen-bond acceptors (Lipinski definition) is 6. The number of aromatic carboxylic acids is 1. The number of nitrogens with one attached hydrogen (secondary N) is 1. The van der Waals surface area contributed by atoms with Gasteiger partial charge in [-0.15, -0.1) is 0 Å². The van der Waals surface area contributed by atoms with Gasteiger partial charge in [-0.3, -0.25) is 9.59 Å². The first kappa shape index (κ1) is 19.4. The Labute approximate surface area is 165 Å². The van der Waals surface area contributed by atoms with Crippen molar-refractivity contribution in [1.29, 1.82) is 0 Å². The number of benzene rings is 2. The molecule has 2 amide bonds. The number of thioether (sulfide) groups is 1. The van der Waals surface area contributed by atoms with E-state index in [1.54, 1.807) is 36.4 Å². The van der Waals surface area contributed by atoms with E-state index in [0.29, 0.717) is 10.7 Å². The van der Waals surface area contributed by atoms with Crippen molar-refractivity contribution in [2.45, 2.75) is 13.5 Å². The molecule has 142 valence electrons. The van der Waals surface area contributed by atoms with Gasteiger partial charge in [0.05, 0.1) is 10.9 Å². The Morgan fingerprint density at radius 1 is 1.21 bits per heavy atom. The van der Waals surface area contributed by atoms with Crippen LogP contribution in [0.15, 0.2) is 58.4 Å². The Hall–Kier alpha value is -3.39. The smallest absolute Gasteiger partial charge is 0.286 e. The summed E-state index contributed by atoms with van der Waals surface area (Å²) in [5.41, 5.74) is 1.67. The Bertz CT molecular complexity index is 996. The first-order valence-electron chi connectivity index (χ1n) is 8.24. The van der Waals surface area contributed by atoms with Crippen LogP contribution in [0.3, 0.4) is 0 Å². The second-order valence-corrected chi connectivity index (χ2v) is 6.89. The van der Waals surface area contributed by atoms with Crippen LogP contribution in [0, 0.1) is 0 Å². The van der Waals surface area contributed by atoms with Crippen molar-refractivity contribution in [3.05, 3.63) is 70.1 Å². The second kappa shape index (κ2) is 8.53. The third kappa shape index (κ3) is 5.08. The van der Waals surface area contributed by atoms with Crippen LogP contribution in [0.2, 0.25) is 0 Å². The number of carboxylic acids is 1. The third-order valence-corrected chi connectivity index (χ3v) is 4.55. The molecule has 0 fully saturated rings. The molecular formula is C20H15N2O5S-. The van der Waals surface area contributed by atoms with E-state index in [4.69, 9.17) is 4.74 Å². The van der Waals surface area contributed by atoms with Crippen molar-refractivity contribution < 1.29 is 24.2 Å². The molecule has 2 aromatic carbocycles. The number of carbonyl (C=O) groups excluding carboxylic acids is 3. The minimum atomic E-state index is -1.22. The van der Waals surface area contributed by atoms with E-state index in [2.05, 4.69) is 10.3 Å². The van der Waals surface area contributed by atoms with E-state index < -0.39 is 11.9 Å². The molecule has 0 spiro atoms. The number of amides is 2. The van der Waals surface area contributed by atoms with Gasteiger partial charge in [0.15, 0.2) is 5.17 Å². The molecule has 7 nitrogen and oxygen atoms in total. The highest BCUT2D eigenvalue weighted by molar-refractivity contribution is 8.18. The van der Waals surface area contributed by atoms with Gasteiger partial charge < -0.3 is 20.0 Å². The summed E-state index contributed by atoms with van der Waals surface area (Å²) in [6.45, 7) is 1.61. The van der Waals surface area contributed by atoms with E-state index in [0.717, 1.165) is 22.9 Å². The van der Waals surface area contributed by atoms with E-state index in [1.807, 2.05) is 6.07 Å². The zero-order valence-electron chi connectivity index (χ0n) is 14.8. The average molecular weight is 395 g/mol. The van der Waals surface area contributed by atoms with Gasteiger partial charge in [0.25, 0.3) is 5.91 Å². The fraction of sp³-hybridized carbons (Fsp3) is 0.100. The van der Waals surface area contributed by atoms with Crippen LogP contribution < -0.4 is 15.2 Å². The lowest BCUT2D eigenvalue weighted by atomic mass is 10.1. The minimum Gasteiger partial charge on any atom is -0.545 e. The van der Waals surface area contributed by atoms with Crippen molar-refractivity contribution in [2.24, 2.45) is 4.99 Å². The molecule has 1 N–H and O–H groups in total. The van der Waals surface area contributed by atoms with Crippen LogP contribution in [0.4, 0.5) is 0 Å². The van der Waals surface area contributed by atoms with Gasteiger partial charge in [-0.1, -0.05) is 36.4 Å². The molecule has 8 heteroatoms. The van der Waals surface area contributed by atoms with Crippen molar-refractivity contribution >= 4 is 40.8 Å². The Balaban J connectivity index is 1.65. The van der Waals surface area contributed by atoms with E-state index in [1.165, 1.54) is 19.1 Å². The summed E-state index contributed by atoms with van der Waals surface area (Å²) in [5.74, 6) is -1.33. The van der Waals surface area contributed by atoms with E-state index in [9.17, 15) is 19.5 Å². The molecule has 0 aromatic heterocycles. The van der Waals surface area contributed by atoms with Gasteiger partial charge in [0.1, 0.15) is 12.4 Å². The lowest BCUT2D eigenvalue weighted by molar-refractivity contribution is -0.255. The van der Waals surface area contributed by atoms with Gasteiger partial charge in [-0.2, -0.15) is 4.99 Å². The molecule has 1 heterocycles. The molecule has 0 bridgehead atoms. The van der Waals surface area contributed by atoms with Crippen LogP contribution in [-0.2, 0) is 16.2 Å². The van der Waals surface area contributed by atoms with Crippen molar-refractivity contribution in [2.75, 3.05) is 0 Å². The molecule has 3 rings (SSSR count). The lowest BCUT2D eigenvalue weighted by Gasteiger charge is -2.08. The molecule has 2 aromatic rings. The fourth-order valence-electron chi connectivity index (χ4n) is 2.36. The highest BCUT2D eigenvalue weighted by Crippen LogP contribution is 2.28. The predicted octanol–water partition coefficient (Wildman–Crippen LogP) is 1.74. The lowest BCUT2D eigenvalue weighted by Crippen LogP contribution is -2.23. The number of nitrogens with zero attached hydrogens (tertiary/aromatic N) is 1. The highest BCUT2D eigenvalue weighted by Gasteiger charge is 2.22. The maximum absolute atomic E-state index is 11.9. The summed E-state index contributed by atoms with van der Waals surface area (Å²) in [4.78, 5) is 38.0. The van der Waals surface area contributed by atoms with Gasteiger partial charge in [0.2, 0.25) is 5.91 Å². The fourth-order valence-corrected chi connectivity index (χ4v) is 3.22. The van der Waals surface area contributed by atoms with Crippen LogP contribution in [-0.4, -0.2) is 23.0 Å². The molecular weight excluding hydrogens is 380 g/mol. The van der Waals surface area contributed by atoms with Gasteiger partial charge >= 0.3 is 0 Å². The number of hydrogen-bond donors (Lipinski definition) is 1. The maximum Gasteiger partial charge on any atom is 0.286 e. The number of rotatable bonds is 5. The molecule has 0 saturated heterocycles. The standard InChI is InChI=1S/C20H16N2O5S/c1-12(23)21-20-22-18(24)17(28-20)10-14-3-2-4-16(9-14)27-11-13-5-7-15(8-6-13)19(25)26/h2-10H,11H2,1H3,(H,25,26)(H,21,22,23,24)/p-1/b17-10-. The first-order valence-corrected chi connectivity index (χ1v) is 9.05. The van der Waals surface area contributed by atoms with Gasteiger partial charge in [0, 0.05) is 6.92 Å². The van der Waals surface area contributed by atoms with Crippen molar-refractivity contribution in [3.8, 4) is 5.75 Å². The predicted molar refractivity (Wildman–Crippen MR) is 103 cm³/mol. The van der Waals surface area contributed by atoms with E-state index in [-0.39, 0.29) is 23.2 Å². The summed E-state index contributed by atoms with van der Waals surface area (Å²) >= 11 is 1.10. The third-order valence-electron chi connectivity index (χ3n) is 3.65. The Morgan fingerprint density at radius 2 is 1.96 bits per heavy atom. The second-order valence-electron chi connectivity index (χ2n) is 5.86. The Morgan fingerprint density at radius 3 is 2.64 bits per heavy atom. The molecule has 0 unspecified atom stereocenters. The zero-order valence-corrected chi connectivity index (χ0v) is 15.6. The summed E-state index contributed by atoms with van der Waals surface area (Å²) in [6.07, 6.45) is 1.67. The molecule has 1 aliphatic heterocycles. The molecule has 0 radical (unpaired) electrons. The topological polar surface area (TPSA) is 108 Å². The number of ether oxygens (including phenoxy) is 1. The quantitative estimate of drug-likeness (QED) is 0.773. The highest BCUT2D eigenvalue weighted by atomic mass is 32.2. The SMILES string of the molecule is CC(=O)NC1=NC(=O)/C(=C/c2cccc(OCc3ccc(C(=O)[O-])cc3)c2)S1. The molecule has 1 aliphatic rings. The van der Waals surface area contributed by atoms with Crippen LogP contribution >= 0.6 is 11.8 Å². The Kier molecular flexibility index (Phi) is 5.90. The van der Waals surface area contributed by atoms with Gasteiger partial charge in [-0.25, -0.2) is 0 Å². The monoisotopic (exact) mass is 395 g/mol. The summed E-state index contributed by atoms with van der Waals surface area (Å²) in [6, 6.07) is 13.4. The molecule has 28 heavy (non-hydrogen) atoms. The number of aliphatic imine (C=N–C) groups is 1. The number of carboxylic acid groups (broad SMARTS) is 1. The molecule has 0 aliphatic carbocycles. The molecule has 0 saturated carbocycles. The number of carbonyl (C=O) groups is 3. The number of amidine groups is 1. The van der Waals surface area contributed by atoms with Crippen LogP contribution in [0.25, 0.3) is 6.08 Å². The normalized spacial score (nSPS) is 14.7. The largest absolute Gasteiger partial charge is 0.545 e. The van der Waals surface area contributed by atoms with Crippen molar-refractivity contribution in [3.63, 3.8) is 0 Å². The summed E-state index contributed by atoms with van der Waals surface area (Å²) < 4.78 is 5.73. The minimum absolute atomic E-state index is 0.108. The average Bonchev–Trinajstić information content (AvgIpc) is 2.98. The van der Waals surface area contributed by atoms with E-state index >= 15 is 0 Å². The van der Waals surface area contributed by atoms with Gasteiger partial charge in [-0.05, 0) is 46.7 Å². The van der Waals surface area contributed by atoms with Crippen LogP contribution in [0.5, 0.6) is 5.75 Å². The molecule has 0 atom stereocenters. The first-order chi connectivity index (χ1) is 13.4. The summed E-state index contributed by atoms with van der Waals surface area (Å²) in [5, 5.41) is 13.5. The zero-order chi connectivity index (χ0) is 20.1. The summed E-state index contributed by atoms with van der Waals surface area (Å²) in [7, 11) is 0.